The summed E-state index contributed by atoms with van der Waals surface area (Å²) in [5, 5.41) is 13.5. The van der Waals surface area contributed by atoms with Crippen LogP contribution in [0.4, 0.5) is 5.82 Å². The van der Waals surface area contributed by atoms with E-state index in [1.807, 2.05) is 6.07 Å². The Labute approximate surface area is 120 Å². The van der Waals surface area contributed by atoms with Crippen LogP contribution in [0.2, 0.25) is 0 Å². The summed E-state index contributed by atoms with van der Waals surface area (Å²) in [7, 11) is 0. The lowest BCUT2D eigenvalue weighted by Gasteiger charge is -2.25. The van der Waals surface area contributed by atoms with Crippen LogP contribution in [0.3, 0.4) is 0 Å². The number of H-pyrrole nitrogens is 1. The Morgan fingerprint density at radius 3 is 2.75 bits per heavy atom. The molecule has 1 fully saturated rings. The van der Waals surface area contributed by atoms with Gasteiger partial charge in [0.25, 0.3) is 0 Å². The number of carbonyl (C=O) groups excluding carboxylic acids is 1. The molecule has 0 bridgehead atoms. The van der Waals surface area contributed by atoms with Gasteiger partial charge in [0.2, 0.25) is 5.91 Å². The van der Waals surface area contributed by atoms with Gasteiger partial charge in [-0.2, -0.15) is 5.10 Å². The Kier molecular flexibility index (Phi) is 4.18. The molecule has 0 spiro atoms. The number of aromatic amines is 1. The van der Waals surface area contributed by atoms with Gasteiger partial charge in [-0.3, -0.25) is 9.89 Å². The third kappa shape index (κ3) is 3.03. The minimum Gasteiger partial charge on any atom is -0.316 e. The molecule has 2 heterocycles. The van der Waals surface area contributed by atoms with Crippen molar-refractivity contribution < 1.29 is 4.79 Å². The van der Waals surface area contributed by atoms with Crippen LogP contribution in [-0.2, 0) is 10.2 Å². The highest BCUT2D eigenvalue weighted by Gasteiger charge is 2.40. The highest BCUT2D eigenvalue weighted by atomic mass is 16.2. The van der Waals surface area contributed by atoms with Crippen LogP contribution in [0, 0.1) is 5.41 Å². The summed E-state index contributed by atoms with van der Waals surface area (Å²) < 4.78 is 0. The Hall–Kier alpha value is -1.36. The van der Waals surface area contributed by atoms with E-state index in [1.165, 1.54) is 0 Å². The van der Waals surface area contributed by atoms with Crippen LogP contribution < -0.4 is 10.6 Å². The van der Waals surface area contributed by atoms with Crippen molar-refractivity contribution in [2.75, 3.05) is 18.4 Å². The van der Waals surface area contributed by atoms with E-state index in [2.05, 4.69) is 48.5 Å². The maximum absolute atomic E-state index is 12.6. The maximum Gasteiger partial charge on any atom is 0.233 e. The number of amides is 1. The van der Waals surface area contributed by atoms with Crippen molar-refractivity contribution in [1.29, 1.82) is 0 Å². The van der Waals surface area contributed by atoms with Crippen molar-refractivity contribution in [3.8, 4) is 0 Å². The molecule has 1 atom stereocenters. The number of carbonyl (C=O) groups is 1. The van der Waals surface area contributed by atoms with E-state index >= 15 is 0 Å². The van der Waals surface area contributed by atoms with Crippen molar-refractivity contribution in [2.45, 2.75) is 52.4 Å². The van der Waals surface area contributed by atoms with Gasteiger partial charge in [0.15, 0.2) is 5.82 Å². The number of anilines is 1. The smallest absolute Gasteiger partial charge is 0.233 e. The Balaban J connectivity index is 2.09. The normalized spacial score (nSPS) is 23.0. The summed E-state index contributed by atoms with van der Waals surface area (Å²) in [6.45, 7) is 10.2. The highest BCUT2D eigenvalue weighted by Crippen LogP contribution is 2.32. The van der Waals surface area contributed by atoms with Gasteiger partial charge in [-0.05, 0) is 19.4 Å². The molecule has 0 aromatic carbocycles. The van der Waals surface area contributed by atoms with Gasteiger partial charge in [0.1, 0.15) is 0 Å². The quantitative estimate of drug-likeness (QED) is 0.792. The van der Waals surface area contributed by atoms with Gasteiger partial charge in [0, 0.05) is 23.7 Å². The van der Waals surface area contributed by atoms with Crippen LogP contribution in [0.5, 0.6) is 0 Å². The van der Waals surface area contributed by atoms with E-state index in [1.54, 1.807) is 0 Å². The average Bonchev–Trinajstić information content (AvgIpc) is 2.98. The molecular formula is C15H26N4O. The minimum atomic E-state index is -0.268. The number of rotatable bonds is 4. The van der Waals surface area contributed by atoms with Gasteiger partial charge in [0.05, 0.1) is 5.41 Å². The SMILES string of the molecule is CCCC1(C(=O)Nc2cc(C(C)(C)C)[nH]n2)CCNC1. The lowest BCUT2D eigenvalue weighted by Crippen LogP contribution is -2.38. The summed E-state index contributed by atoms with van der Waals surface area (Å²) in [6, 6.07) is 1.93. The molecule has 1 aliphatic heterocycles. The van der Waals surface area contributed by atoms with E-state index in [4.69, 9.17) is 0 Å². The minimum absolute atomic E-state index is 0.00595. The molecule has 5 nitrogen and oxygen atoms in total. The molecule has 0 radical (unpaired) electrons. The van der Waals surface area contributed by atoms with Crippen molar-refractivity contribution in [2.24, 2.45) is 5.41 Å². The van der Waals surface area contributed by atoms with E-state index in [0.29, 0.717) is 5.82 Å². The van der Waals surface area contributed by atoms with Crippen LogP contribution in [0.1, 0.15) is 52.7 Å². The standard InChI is InChI=1S/C15H26N4O/c1-5-6-15(7-8-16-10-15)13(20)17-12-9-11(18-19-12)14(2,3)4/h9,16H,5-8,10H2,1-4H3,(H2,17,18,19,20). The molecule has 3 N–H and O–H groups in total. The summed E-state index contributed by atoms with van der Waals surface area (Å²) in [5.41, 5.74) is 0.767. The van der Waals surface area contributed by atoms with E-state index in [9.17, 15) is 4.79 Å². The predicted molar refractivity (Wildman–Crippen MR) is 80.7 cm³/mol. The second-order valence-electron chi connectivity index (χ2n) is 6.83. The zero-order chi connectivity index (χ0) is 14.8. The largest absolute Gasteiger partial charge is 0.316 e. The van der Waals surface area contributed by atoms with Crippen molar-refractivity contribution >= 4 is 11.7 Å². The molecule has 1 aliphatic rings. The third-order valence-corrected chi connectivity index (χ3v) is 4.08. The summed E-state index contributed by atoms with van der Waals surface area (Å²) in [5.74, 6) is 0.721. The predicted octanol–water partition coefficient (Wildman–Crippen LogP) is 2.43. The van der Waals surface area contributed by atoms with E-state index in [-0.39, 0.29) is 16.7 Å². The first-order chi connectivity index (χ1) is 9.37. The fourth-order valence-electron chi connectivity index (χ4n) is 2.76. The Bertz CT molecular complexity index is 466. The zero-order valence-corrected chi connectivity index (χ0v) is 13.0. The lowest BCUT2D eigenvalue weighted by molar-refractivity contribution is -0.125. The topological polar surface area (TPSA) is 69.8 Å². The first-order valence-electron chi connectivity index (χ1n) is 7.45. The summed E-state index contributed by atoms with van der Waals surface area (Å²) in [4.78, 5) is 12.6. The molecule has 5 heteroatoms. The third-order valence-electron chi connectivity index (χ3n) is 4.08. The fraction of sp³-hybridized carbons (Fsp3) is 0.733. The Morgan fingerprint density at radius 1 is 1.50 bits per heavy atom. The molecule has 112 valence electrons. The van der Waals surface area contributed by atoms with Crippen LogP contribution in [-0.4, -0.2) is 29.2 Å². The molecule has 1 saturated heterocycles. The van der Waals surface area contributed by atoms with Crippen molar-refractivity contribution in [1.82, 2.24) is 15.5 Å². The van der Waals surface area contributed by atoms with Crippen LogP contribution in [0.25, 0.3) is 0 Å². The number of nitrogens with zero attached hydrogens (tertiary/aromatic N) is 1. The molecule has 1 unspecified atom stereocenters. The number of hydrogen-bond donors (Lipinski definition) is 3. The number of aromatic nitrogens is 2. The zero-order valence-electron chi connectivity index (χ0n) is 13.0. The first kappa shape index (κ1) is 15.0. The molecule has 1 aromatic heterocycles. The highest BCUT2D eigenvalue weighted by molar-refractivity contribution is 5.95. The monoisotopic (exact) mass is 278 g/mol. The maximum atomic E-state index is 12.6. The molecule has 20 heavy (non-hydrogen) atoms. The molecular weight excluding hydrogens is 252 g/mol. The van der Waals surface area contributed by atoms with Crippen LogP contribution >= 0.6 is 0 Å². The van der Waals surface area contributed by atoms with E-state index < -0.39 is 0 Å². The van der Waals surface area contributed by atoms with Crippen LogP contribution in [0.15, 0.2) is 6.07 Å². The number of nitrogens with one attached hydrogen (secondary N) is 3. The second kappa shape index (κ2) is 5.56. The number of hydrogen-bond acceptors (Lipinski definition) is 3. The Morgan fingerprint density at radius 2 is 2.25 bits per heavy atom. The molecule has 1 aromatic rings. The molecule has 2 rings (SSSR count). The van der Waals surface area contributed by atoms with Gasteiger partial charge >= 0.3 is 0 Å². The van der Waals surface area contributed by atoms with Gasteiger partial charge in [-0.25, -0.2) is 0 Å². The lowest BCUT2D eigenvalue weighted by atomic mass is 9.81. The average molecular weight is 278 g/mol. The van der Waals surface area contributed by atoms with E-state index in [0.717, 1.165) is 38.0 Å². The van der Waals surface area contributed by atoms with Gasteiger partial charge in [-0.15, -0.1) is 0 Å². The first-order valence-corrected chi connectivity index (χ1v) is 7.45. The molecule has 0 saturated carbocycles. The summed E-state index contributed by atoms with van der Waals surface area (Å²) >= 11 is 0. The summed E-state index contributed by atoms with van der Waals surface area (Å²) in [6.07, 6.45) is 2.84. The molecule has 0 aliphatic carbocycles. The van der Waals surface area contributed by atoms with Crippen molar-refractivity contribution in [3.05, 3.63) is 11.8 Å². The fourth-order valence-corrected chi connectivity index (χ4v) is 2.76. The second-order valence-corrected chi connectivity index (χ2v) is 6.83. The molecule has 1 amide bonds. The van der Waals surface area contributed by atoms with Gasteiger partial charge in [-0.1, -0.05) is 34.1 Å². The van der Waals surface area contributed by atoms with Crippen molar-refractivity contribution in [3.63, 3.8) is 0 Å². The van der Waals surface area contributed by atoms with Gasteiger partial charge < -0.3 is 10.6 Å².